The van der Waals surface area contributed by atoms with Gasteiger partial charge in [-0.25, -0.2) is 0 Å². The van der Waals surface area contributed by atoms with E-state index in [2.05, 4.69) is 0 Å². The summed E-state index contributed by atoms with van der Waals surface area (Å²) in [6, 6.07) is 9.74. The second kappa shape index (κ2) is 9.46. The van der Waals surface area contributed by atoms with E-state index in [1.165, 1.54) is 0 Å². The Morgan fingerprint density at radius 2 is 1.83 bits per heavy atom. The smallest absolute Gasteiger partial charge is 0.203 e. The Morgan fingerprint density at radius 1 is 1.13 bits per heavy atom. The van der Waals surface area contributed by atoms with Crippen LogP contribution in [0.25, 0.3) is 0 Å². The van der Waals surface area contributed by atoms with Crippen molar-refractivity contribution in [3.8, 4) is 5.75 Å². The molecule has 0 radical (unpaired) electrons. The first kappa shape index (κ1) is 18.5. The van der Waals surface area contributed by atoms with Crippen LogP contribution in [0, 0.1) is 5.92 Å². The second-order valence-electron chi connectivity index (χ2n) is 6.51. The van der Waals surface area contributed by atoms with Crippen LogP contribution in [0.3, 0.4) is 0 Å². The van der Waals surface area contributed by atoms with E-state index in [0.717, 1.165) is 56.7 Å². The molecule has 0 aliphatic heterocycles. The average Bonchev–Trinajstić information content (AvgIpc) is 2.56. The molecule has 1 atom stereocenters. The number of para-hydroxylation sites is 1. The van der Waals surface area contributed by atoms with E-state index in [9.17, 15) is 4.57 Å². The Morgan fingerprint density at radius 3 is 2.48 bits per heavy atom. The molecule has 0 saturated heterocycles. The van der Waals surface area contributed by atoms with Crippen LogP contribution in [-0.2, 0) is 9.09 Å². The molecule has 2 rings (SSSR count). The van der Waals surface area contributed by atoms with Gasteiger partial charge in [0, 0.05) is 18.7 Å². The zero-order chi connectivity index (χ0) is 16.5. The average molecular weight is 339 g/mol. The Hall–Kier alpha value is -0.830. The number of hydrogen-bond acceptors (Lipinski definition) is 4. The van der Waals surface area contributed by atoms with Gasteiger partial charge in [-0.05, 0) is 56.7 Å². The van der Waals surface area contributed by atoms with Crippen molar-refractivity contribution < 1.29 is 13.8 Å². The first-order valence-corrected chi connectivity index (χ1v) is 10.9. The molecule has 1 aromatic rings. The molecule has 0 spiro atoms. The molecule has 1 fully saturated rings. The minimum absolute atomic E-state index is 0.228. The standard InChI is InChI=1S/C18H30NO3P/c1-23(20,18-10-8-16(9-11-18)12-13-19)22-15-5-14-21-17-6-3-2-4-7-17/h2-4,6-7,16,18H,5,8-15,19H2,1H3. The van der Waals surface area contributed by atoms with E-state index < -0.39 is 7.37 Å². The highest BCUT2D eigenvalue weighted by Gasteiger charge is 2.32. The largest absolute Gasteiger partial charge is 0.494 e. The normalized spacial score (nSPS) is 24.1. The Labute approximate surface area is 140 Å². The number of hydrogen-bond donors (Lipinski definition) is 1. The van der Waals surface area contributed by atoms with E-state index >= 15 is 0 Å². The van der Waals surface area contributed by atoms with Crippen molar-refractivity contribution in [2.45, 2.75) is 44.2 Å². The van der Waals surface area contributed by atoms with E-state index in [-0.39, 0.29) is 5.66 Å². The highest BCUT2D eigenvalue weighted by molar-refractivity contribution is 7.58. The van der Waals surface area contributed by atoms with Gasteiger partial charge in [0.15, 0.2) is 0 Å². The van der Waals surface area contributed by atoms with Crippen molar-refractivity contribution in [2.75, 3.05) is 26.4 Å². The lowest BCUT2D eigenvalue weighted by atomic mass is 9.87. The third-order valence-corrected chi connectivity index (χ3v) is 7.24. The number of benzene rings is 1. The molecule has 0 aromatic heterocycles. The van der Waals surface area contributed by atoms with Crippen LogP contribution in [0.1, 0.15) is 38.5 Å². The van der Waals surface area contributed by atoms with E-state index in [4.69, 9.17) is 15.0 Å². The summed E-state index contributed by atoms with van der Waals surface area (Å²) < 4.78 is 24.2. The van der Waals surface area contributed by atoms with Gasteiger partial charge in [-0.2, -0.15) is 0 Å². The van der Waals surface area contributed by atoms with Crippen molar-refractivity contribution >= 4 is 7.37 Å². The van der Waals surface area contributed by atoms with E-state index in [1.54, 1.807) is 6.66 Å². The fourth-order valence-corrected chi connectivity index (χ4v) is 5.19. The van der Waals surface area contributed by atoms with Gasteiger partial charge in [0.2, 0.25) is 7.37 Å². The molecule has 23 heavy (non-hydrogen) atoms. The molecule has 1 aromatic carbocycles. The molecule has 1 unspecified atom stereocenters. The number of ether oxygens (including phenoxy) is 1. The molecular weight excluding hydrogens is 309 g/mol. The van der Waals surface area contributed by atoms with Crippen LogP contribution < -0.4 is 10.5 Å². The number of nitrogens with two attached hydrogens (primary N) is 1. The van der Waals surface area contributed by atoms with Crippen molar-refractivity contribution in [1.82, 2.24) is 0 Å². The first-order valence-electron chi connectivity index (χ1n) is 8.71. The highest BCUT2D eigenvalue weighted by atomic mass is 31.2. The van der Waals surface area contributed by atoms with Crippen LogP contribution in [0.5, 0.6) is 5.75 Å². The SMILES string of the molecule is CP(=O)(OCCCOc1ccccc1)C1CCC(CCN)CC1. The van der Waals surface area contributed by atoms with Crippen LogP contribution in [0.4, 0.5) is 0 Å². The summed E-state index contributed by atoms with van der Waals surface area (Å²) in [7, 11) is -2.51. The summed E-state index contributed by atoms with van der Waals surface area (Å²) in [6.45, 7) is 3.66. The van der Waals surface area contributed by atoms with Gasteiger partial charge in [0.25, 0.3) is 0 Å². The van der Waals surface area contributed by atoms with Gasteiger partial charge in [-0.1, -0.05) is 18.2 Å². The first-order chi connectivity index (χ1) is 11.1. The fraction of sp³-hybridized carbons (Fsp3) is 0.667. The maximum atomic E-state index is 12.8. The molecule has 4 nitrogen and oxygen atoms in total. The molecule has 5 heteroatoms. The molecule has 0 heterocycles. The quantitative estimate of drug-likeness (QED) is 0.538. The predicted molar refractivity (Wildman–Crippen MR) is 95.5 cm³/mol. The van der Waals surface area contributed by atoms with Crippen LogP contribution in [0.15, 0.2) is 30.3 Å². The molecule has 1 saturated carbocycles. The predicted octanol–water partition coefficient (Wildman–Crippen LogP) is 4.29. The minimum Gasteiger partial charge on any atom is -0.494 e. The van der Waals surface area contributed by atoms with Gasteiger partial charge in [0.05, 0.1) is 13.2 Å². The van der Waals surface area contributed by atoms with Crippen LogP contribution in [-0.4, -0.2) is 32.1 Å². The van der Waals surface area contributed by atoms with Gasteiger partial charge >= 0.3 is 0 Å². The lowest BCUT2D eigenvalue weighted by molar-refractivity contribution is 0.240. The monoisotopic (exact) mass is 339 g/mol. The second-order valence-corrected chi connectivity index (χ2v) is 9.31. The lowest BCUT2D eigenvalue weighted by Gasteiger charge is -2.31. The maximum absolute atomic E-state index is 12.8. The van der Waals surface area contributed by atoms with Crippen LogP contribution >= 0.6 is 7.37 Å². The van der Waals surface area contributed by atoms with Crippen molar-refractivity contribution in [3.63, 3.8) is 0 Å². The zero-order valence-corrected chi connectivity index (χ0v) is 15.0. The summed E-state index contributed by atoms with van der Waals surface area (Å²) in [5, 5.41) is 0. The Kier molecular flexibility index (Phi) is 7.61. The van der Waals surface area contributed by atoms with Gasteiger partial charge in [0.1, 0.15) is 5.75 Å². The molecule has 1 aliphatic rings. The minimum atomic E-state index is -2.51. The Balaban J connectivity index is 1.63. The van der Waals surface area contributed by atoms with Crippen molar-refractivity contribution in [3.05, 3.63) is 30.3 Å². The highest BCUT2D eigenvalue weighted by Crippen LogP contribution is 2.54. The van der Waals surface area contributed by atoms with Gasteiger partial charge in [-0.15, -0.1) is 0 Å². The summed E-state index contributed by atoms with van der Waals surface area (Å²) in [5.41, 5.74) is 5.85. The third kappa shape index (κ3) is 6.29. The molecule has 0 bridgehead atoms. The van der Waals surface area contributed by atoms with Crippen molar-refractivity contribution in [1.29, 1.82) is 0 Å². The fourth-order valence-electron chi connectivity index (χ4n) is 3.26. The molecule has 1 aliphatic carbocycles. The lowest BCUT2D eigenvalue weighted by Crippen LogP contribution is -2.21. The molecule has 2 N–H and O–H groups in total. The summed E-state index contributed by atoms with van der Waals surface area (Å²) >= 11 is 0. The summed E-state index contributed by atoms with van der Waals surface area (Å²) in [4.78, 5) is 0. The third-order valence-electron chi connectivity index (χ3n) is 4.70. The zero-order valence-electron chi connectivity index (χ0n) is 14.2. The molecule has 130 valence electrons. The van der Waals surface area contributed by atoms with E-state index in [0.29, 0.717) is 13.2 Å². The van der Waals surface area contributed by atoms with Gasteiger partial charge in [-0.3, -0.25) is 4.57 Å². The maximum Gasteiger partial charge on any atom is 0.203 e. The van der Waals surface area contributed by atoms with Crippen molar-refractivity contribution in [2.24, 2.45) is 11.7 Å². The summed E-state index contributed by atoms with van der Waals surface area (Å²) in [5.74, 6) is 1.58. The molecule has 0 amide bonds. The van der Waals surface area contributed by atoms with E-state index in [1.807, 2.05) is 30.3 Å². The summed E-state index contributed by atoms with van der Waals surface area (Å²) in [6.07, 6.45) is 6.16. The molecular formula is C18H30NO3P. The Bertz CT molecular complexity index is 486. The number of rotatable bonds is 9. The van der Waals surface area contributed by atoms with Gasteiger partial charge < -0.3 is 15.0 Å². The topological polar surface area (TPSA) is 61.5 Å². The van der Waals surface area contributed by atoms with Crippen LogP contribution in [0.2, 0.25) is 0 Å².